The van der Waals surface area contributed by atoms with Crippen LogP contribution in [0.25, 0.3) is 0 Å². The van der Waals surface area contributed by atoms with Crippen LogP contribution in [0.1, 0.15) is 52.4 Å². The van der Waals surface area contributed by atoms with Crippen LogP contribution >= 0.6 is 0 Å². The van der Waals surface area contributed by atoms with Crippen LogP contribution in [0.2, 0.25) is 0 Å². The molecule has 114 valence electrons. The van der Waals surface area contributed by atoms with Gasteiger partial charge >= 0.3 is 0 Å². The lowest BCUT2D eigenvalue weighted by Gasteiger charge is -2.38. The summed E-state index contributed by atoms with van der Waals surface area (Å²) >= 11 is 0. The lowest BCUT2D eigenvalue weighted by atomic mass is 9.94. The van der Waals surface area contributed by atoms with Crippen molar-refractivity contribution >= 4 is 11.8 Å². The lowest BCUT2D eigenvalue weighted by molar-refractivity contribution is -0.142. The SMILES string of the molecule is COCCC(C)N1C(=O)C2(CCCC2)NC(=O)CC1C. The van der Waals surface area contributed by atoms with E-state index in [1.54, 1.807) is 7.11 Å². The van der Waals surface area contributed by atoms with Crippen LogP contribution in [0.15, 0.2) is 0 Å². The molecule has 2 amide bonds. The van der Waals surface area contributed by atoms with E-state index >= 15 is 0 Å². The third-order valence-corrected chi connectivity index (χ3v) is 4.65. The van der Waals surface area contributed by atoms with Gasteiger partial charge in [0.2, 0.25) is 11.8 Å². The van der Waals surface area contributed by atoms with Crippen LogP contribution < -0.4 is 5.32 Å². The van der Waals surface area contributed by atoms with Crippen molar-refractivity contribution in [1.29, 1.82) is 0 Å². The fraction of sp³-hybridized carbons (Fsp3) is 0.867. The molecule has 1 heterocycles. The van der Waals surface area contributed by atoms with Crippen LogP contribution in [0, 0.1) is 0 Å². The van der Waals surface area contributed by atoms with Gasteiger partial charge in [-0.3, -0.25) is 9.59 Å². The molecule has 2 unspecified atom stereocenters. The molecule has 1 saturated carbocycles. The average Bonchev–Trinajstić information content (AvgIpc) is 2.82. The Morgan fingerprint density at radius 3 is 2.65 bits per heavy atom. The molecule has 5 nitrogen and oxygen atoms in total. The van der Waals surface area contributed by atoms with Crippen LogP contribution in [0.3, 0.4) is 0 Å². The smallest absolute Gasteiger partial charge is 0.248 e. The highest BCUT2D eigenvalue weighted by molar-refractivity contribution is 5.94. The molecule has 2 fully saturated rings. The fourth-order valence-corrected chi connectivity index (χ4v) is 3.56. The largest absolute Gasteiger partial charge is 0.385 e. The summed E-state index contributed by atoms with van der Waals surface area (Å²) in [5.74, 6) is 0.117. The Kier molecular flexibility index (Phi) is 4.68. The van der Waals surface area contributed by atoms with Gasteiger partial charge in [0.05, 0.1) is 0 Å². The summed E-state index contributed by atoms with van der Waals surface area (Å²) < 4.78 is 5.12. The zero-order valence-corrected chi connectivity index (χ0v) is 12.8. The summed E-state index contributed by atoms with van der Waals surface area (Å²) in [4.78, 5) is 27.0. The summed E-state index contributed by atoms with van der Waals surface area (Å²) in [5, 5.41) is 3.01. The van der Waals surface area contributed by atoms with Crippen molar-refractivity contribution in [2.45, 2.75) is 70.0 Å². The maximum atomic E-state index is 13.0. The minimum absolute atomic E-state index is 0.00851. The zero-order valence-electron chi connectivity index (χ0n) is 12.8. The lowest BCUT2D eigenvalue weighted by Crippen LogP contribution is -2.58. The topological polar surface area (TPSA) is 58.6 Å². The van der Waals surface area contributed by atoms with Crippen molar-refractivity contribution in [3.63, 3.8) is 0 Å². The third kappa shape index (κ3) is 2.82. The summed E-state index contributed by atoms with van der Waals surface area (Å²) in [5.41, 5.74) is -0.636. The molecule has 0 bridgehead atoms. The van der Waals surface area contributed by atoms with Gasteiger partial charge in [0.1, 0.15) is 5.54 Å². The molecule has 1 spiro atoms. The van der Waals surface area contributed by atoms with Crippen molar-refractivity contribution in [3.05, 3.63) is 0 Å². The number of methoxy groups -OCH3 is 1. The van der Waals surface area contributed by atoms with Crippen LogP contribution in [0.5, 0.6) is 0 Å². The minimum Gasteiger partial charge on any atom is -0.385 e. The number of nitrogens with one attached hydrogen (secondary N) is 1. The van der Waals surface area contributed by atoms with E-state index in [0.29, 0.717) is 13.0 Å². The maximum Gasteiger partial charge on any atom is 0.248 e. The van der Waals surface area contributed by atoms with Crippen molar-refractivity contribution in [1.82, 2.24) is 10.2 Å². The Bertz CT molecular complexity index is 377. The summed E-state index contributed by atoms with van der Waals surface area (Å²) in [6.45, 7) is 4.65. The highest BCUT2D eigenvalue weighted by Gasteiger charge is 2.48. The Morgan fingerprint density at radius 1 is 1.40 bits per heavy atom. The number of hydrogen-bond acceptors (Lipinski definition) is 3. The van der Waals surface area contributed by atoms with E-state index in [-0.39, 0.29) is 23.9 Å². The molecule has 20 heavy (non-hydrogen) atoms. The molecule has 2 rings (SSSR count). The predicted octanol–water partition coefficient (Wildman–Crippen LogP) is 1.46. The number of carbonyl (C=O) groups is 2. The van der Waals surface area contributed by atoms with E-state index in [0.717, 1.165) is 32.1 Å². The van der Waals surface area contributed by atoms with Crippen LogP contribution in [0.4, 0.5) is 0 Å². The molecule has 0 aromatic heterocycles. The number of amides is 2. The Balaban J connectivity index is 2.23. The second-order valence-electron chi connectivity index (χ2n) is 6.23. The molecule has 0 radical (unpaired) electrons. The molecule has 1 aliphatic carbocycles. The monoisotopic (exact) mass is 282 g/mol. The van der Waals surface area contributed by atoms with Crippen LogP contribution in [-0.2, 0) is 14.3 Å². The van der Waals surface area contributed by atoms with Gasteiger partial charge in [-0.2, -0.15) is 0 Å². The van der Waals surface area contributed by atoms with Gasteiger partial charge < -0.3 is 15.0 Å². The Hall–Kier alpha value is -1.10. The predicted molar refractivity (Wildman–Crippen MR) is 76.2 cm³/mol. The van der Waals surface area contributed by atoms with Crippen LogP contribution in [-0.4, -0.2) is 48.1 Å². The number of nitrogens with zero attached hydrogens (tertiary/aromatic N) is 1. The standard InChI is InChI=1S/C15H26N2O3/c1-11(6-9-20-3)17-12(2)10-13(18)16-15(14(17)19)7-4-5-8-15/h11-12H,4-10H2,1-3H3,(H,16,18). The molecule has 2 atom stereocenters. The van der Waals surface area contributed by atoms with E-state index in [9.17, 15) is 9.59 Å². The number of hydrogen-bond donors (Lipinski definition) is 1. The van der Waals surface area contributed by atoms with Gasteiger partial charge in [0.15, 0.2) is 0 Å². The Labute approximate surface area is 121 Å². The number of rotatable bonds is 4. The van der Waals surface area contributed by atoms with Crippen molar-refractivity contribution < 1.29 is 14.3 Å². The first-order valence-electron chi connectivity index (χ1n) is 7.63. The molecule has 1 aliphatic heterocycles. The zero-order chi connectivity index (χ0) is 14.8. The second kappa shape index (κ2) is 6.12. The first-order chi connectivity index (χ1) is 9.50. The summed E-state index contributed by atoms with van der Waals surface area (Å²) in [6, 6.07) is 0.0527. The van der Waals surface area contributed by atoms with Gasteiger partial charge in [-0.25, -0.2) is 0 Å². The Morgan fingerprint density at radius 2 is 2.05 bits per heavy atom. The van der Waals surface area contributed by atoms with Gasteiger partial charge in [-0.15, -0.1) is 0 Å². The molecule has 0 aromatic rings. The highest BCUT2D eigenvalue weighted by atomic mass is 16.5. The number of carbonyl (C=O) groups excluding carboxylic acids is 2. The van der Waals surface area contributed by atoms with E-state index in [2.05, 4.69) is 5.32 Å². The van der Waals surface area contributed by atoms with Crippen molar-refractivity contribution in [2.24, 2.45) is 0 Å². The van der Waals surface area contributed by atoms with Gasteiger partial charge in [-0.05, 0) is 33.1 Å². The summed E-state index contributed by atoms with van der Waals surface area (Å²) in [7, 11) is 1.67. The molecular formula is C15H26N2O3. The van der Waals surface area contributed by atoms with Crippen molar-refractivity contribution in [2.75, 3.05) is 13.7 Å². The quantitative estimate of drug-likeness (QED) is 0.849. The van der Waals surface area contributed by atoms with E-state index < -0.39 is 5.54 Å². The average molecular weight is 282 g/mol. The van der Waals surface area contributed by atoms with E-state index in [4.69, 9.17) is 4.74 Å². The van der Waals surface area contributed by atoms with Crippen molar-refractivity contribution in [3.8, 4) is 0 Å². The molecule has 1 saturated heterocycles. The third-order valence-electron chi connectivity index (χ3n) is 4.65. The van der Waals surface area contributed by atoms with Gasteiger partial charge in [0, 0.05) is 32.2 Å². The van der Waals surface area contributed by atoms with E-state index in [1.807, 2.05) is 18.7 Å². The molecule has 0 aromatic carbocycles. The van der Waals surface area contributed by atoms with E-state index in [1.165, 1.54) is 0 Å². The normalized spacial score (nSPS) is 27.6. The fourth-order valence-electron chi connectivity index (χ4n) is 3.56. The summed E-state index contributed by atoms with van der Waals surface area (Å²) in [6.07, 6.45) is 4.78. The molecular weight excluding hydrogens is 256 g/mol. The first-order valence-corrected chi connectivity index (χ1v) is 7.63. The molecule has 2 aliphatic rings. The molecule has 1 N–H and O–H groups in total. The van der Waals surface area contributed by atoms with Gasteiger partial charge in [-0.1, -0.05) is 12.8 Å². The van der Waals surface area contributed by atoms with Gasteiger partial charge in [0.25, 0.3) is 0 Å². The minimum atomic E-state index is -0.636. The maximum absolute atomic E-state index is 13.0. The molecule has 5 heteroatoms. The number of ether oxygens (including phenoxy) is 1. The first kappa shape index (κ1) is 15.3. The highest BCUT2D eigenvalue weighted by Crippen LogP contribution is 2.35. The second-order valence-corrected chi connectivity index (χ2v) is 6.23.